The number of benzene rings is 1. The van der Waals surface area contributed by atoms with Crippen LogP contribution in [0.25, 0.3) is 0 Å². The fourth-order valence-corrected chi connectivity index (χ4v) is 3.11. The second kappa shape index (κ2) is 5.15. The molecule has 2 rings (SSSR count). The van der Waals surface area contributed by atoms with Gasteiger partial charge >= 0.3 is 0 Å². The van der Waals surface area contributed by atoms with E-state index in [0.29, 0.717) is 6.42 Å². The standard InChI is InChI=1S/C14H13BrOS/c1-9-3-4-11(7-10(9)2)13(16)8-14-12(15)5-6-17-14/h3-7H,8H2,1-2H3. The van der Waals surface area contributed by atoms with Crippen LogP contribution in [-0.4, -0.2) is 5.78 Å². The summed E-state index contributed by atoms with van der Waals surface area (Å²) in [5, 5.41) is 1.99. The molecule has 0 aliphatic heterocycles. The first-order chi connectivity index (χ1) is 8.08. The number of carbonyl (C=O) groups is 1. The number of thiophene rings is 1. The zero-order valence-electron chi connectivity index (χ0n) is 9.79. The molecule has 0 bridgehead atoms. The number of aryl methyl sites for hydroxylation is 2. The van der Waals surface area contributed by atoms with Gasteiger partial charge in [0.15, 0.2) is 5.78 Å². The van der Waals surface area contributed by atoms with E-state index in [1.807, 2.05) is 36.6 Å². The Hall–Kier alpha value is -0.930. The maximum Gasteiger partial charge on any atom is 0.168 e. The van der Waals surface area contributed by atoms with E-state index in [4.69, 9.17) is 0 Å². The van der Waals surface area contributed by atoms with Crippen LogP contribution in [0.1, 0.15) is 26.4 Å². The van der Waals surface area contributed by atoms with Crippen LogP contribution in [0.4, 0.5) is 0 Å². The summed E-state index contributed by atoms with van der Waals surface area (Å²) in [5.74, 6) is 0.177. The van der Waals surface area contributed by atoms with Crippen molar-refractivity contribution in [2.45, 2.75) is 20.3 Å². The Morgan fingerprint density at radius 3 is 2.59 bits per heavy atom. The Morgan fingerprint density at radius 1 is 1.24 bits per heavy atom. The van der Waals surface area contributed by atoms with Gasteiger partial charge in [-0.1, -0.05) is 12.1 Å². The number of ketones is 1. The lowest BCUT2D eigenvalue weighted by atomic mass is 10.0. The minimum absolute atomic E-state index is 0.177. The van der Waals surface area contributed by atoms with E-state index in [2.05, 4.69) is 22.9 Å². The molecule has 0 amide bonds. The smallest absolute Gasteiger partial charge is 0.168 e. The first-order valence-electron chi connectivity index (χ1n) is 5.40. The Kier molecular flexibility index (Phi) is 3.79. The summed E-state index contributed by atoms with van der Waals surface area (Å²) in [7, 11) is 0. The average molecular weight is 309 g/mol. The third kappa shape index (κ3) is 2.85. The number of rotatable bonds is 3. The molecule has 0 aliphatic carbocycles. The van der Waals surface area contributed by atoms with Gasteiger partial charge in [0.05, 0.1) is 0 Å². The molecule has 0 spiro atoms. The molecule has 0 aliphatic rings. The van der Waals surface area contributed by atoms with Gasteiger partial charge in [0.25, 0.3) is 0 Å². The summed E-state index contributed by atoms with van der Waals surface area (Å²) in [4.78, 5) is 13.2. The number of halogens is 1. The minimum atomic E-state index is 0.177. The van der Waals surface area contributed by atoms with Gasteiger partial charge in [-0.15, -0.1) is 11.3 Å². The molecule has 0 radical (unpaired) electrons. The molecular formula is C14H13BrOS. The van der Waals surface area contributed by atoms with Crippen molar-refractivity contribution < 1.29 is 4.79 Å². The minimum Gasteiger partial charge on any atom is -0.294 e. The SMILES string of the molecule is Cc1ccc(C(=O)Cc2sccc2Br)cc1C. The lowest BCUT2D eigenvalue weighted by molar-refractivity contribution is 0.0993. The van der Waals surface area contributed by atoms with Crippen molar-refractivity contribution in [3.05, 3.63) is 55.7 Å². The average Bonchev–Trinajstić information content (AvgIpc) is 2.68. The van der Waals surface area contributed by atoms with Crippen molar-refractivity contribution in [3.8, 4) is 0 Å². The highest BCUT2D eigenvalue weighted by molar-refractivity contribution is 9.10. The van der Waals surface area contributed by atoms with Crippen LogP contribution in [0.2, 0.25) is 0 Å². The zero-order chi connectivity index (χ0) is 12.4. The lowest BCUT2D eigenvalue weighted by Gasteiger charge is -2.04. The molecule has 1 nitrogen and oxygen atoms in total. The summed E-state index contributed by atoms with van der Waals surface area (Å²) >= 11 is 5.06. The molecule has 1 aromatic carbocycles. The van der Waals surface area contributed by atoms with Crippen molar-refractivity contribution in [2.75, 3.05) is 0 Å². The van der Waals surface area contributed by atoms with Gasteiger partial charge in [-0.05, 0) is 58.4 Å². The molecule has 0 atom stereocenters. The molecule has 1 aromatic heterocycles. The van der Waals surface area contributed by atoms with Gasteiger partial charge in [0.2, 0.25) is 0 Å². The topological polar surface area (TPSA) is 17.1 Å². The quantitative estimate of drug-likeness (QED) is 0.760. The molecule has 1 heterocycles. The van der Waals surface area contributed by atoms with Crippen LogP contribution in [-0.2, 0) is 6.42 Å². The molecule has 0 fully saturated rings. The second-order valence-corrected chi connectivity index (χ2v) is 5.95. The van der Waals surface area contributed by atoms with E-state index in [0.717, 1.165) is 14.9 Å². The molecule has 88 valence electrons. The van der Waals surface area contributed by atoms with Crippen LogP contribution in [0.3, 0.4) is 0 Å². The summed E-state index contributed by atoms with van der Waals surface area (Å²) in [5.41, 5.74) is 3.19. The summed E-state index contributed by atoms with van der Waals surface area (Å²) in [6.07, 6.45) is 0.473. The maximum atomic E-state index is 12.1. The van der Waals surface area contributed by atoms with Crippen LogP contribution in [0, 0.1) is 13.8 Å². The van der Waals surface area contributed by atoms with Gasteiger partial charge in [0.1, 0.15) is 0 Å². The Bertz CT molecular complexity index is 557. The normalized spacial score (nSPS) is 10.5. The first kappa shape index (κ1) is 12.5. The van der Waals surface area contributed by atoms with Crippen molar-refractivity contribution in [1.82, 2.24) is 0 Å². The number of hydrogen-bond donors (Lipinski definition) is 0. The van der Waals surface area contributed by atoms with Gasteiger partial charge in [-0.25, -0.2) is 0 Å². The Balaban J connectivity index is 2.20. The fourth-order valence-electron chi connectivity index (χ4n) is 1.61. The van der Waals surface area contributed by atoms with Crippen molar-refractivity contribution >= 4 is 33.0 Å². The van der Waals surface area contributed by atoms with Gasteiger partial charge in [0, 0.05) is 21.3 Å². The van der Waals surface area contributed by atoms with Crippen LogP contribution in [0.15, 0.2) is 34.1 Å². The highest BCUT2D eigenvalue weighted by Crippen LogP contribution is 2.24. The van der Waals surface area contributed by atoms with E-state index in [9.17, 15) is 4.79 Å². The third-order valence-electron chi connectivity index (χ3n) is 2.84. The van der Waals surface area contributed by atoms with Crippen molar-refractivity contribution in [3.63, 3.8) is 0 Å². The fraction of sp³-hybridized carbons (Fsp3) is 0.214. The predicted octanol–water partition coefficient (Wildman–Crippen LogP) is 4.55. The summed E-state index contributed by atoms with van der Waals surface area (Å²) < 4.78 is 1.03. The Labute approximate surface area is 114 Å². The molecule has 0 unspecified atom stereocenters. The Morgan fingerprint density at radius 2 is 2.00 bits per heavy atom. The van der Waals surface area contributed by atoms with Crippen molar-refractivity contribution in [2.24, 2.45) is 0 Å². The summed E-state index contributed by atoms with van der Waals surface area (Å²) in [6, 6.07) is 7.87. The monoisotopic (exact) mass is 308 g/mol. The number of Topliss-reactive ketones (excluding diaryl/α,β-unsaturated/α-hetero) is 1. The van der Waals surface area contributed by atoms with E-state index >= 15 is 0 Å². The molecule has 3 heteroatoms. The molecule has 17 heavy (non-hydrogen) atoms. The van der Waals surface area contributed by atoms with Gasteiger partial charge in [-0.2, -0.15) is 0 Å². The van der Waals surface area contributed by atoms with Crippen LogP contribution < -0.4 is 0 Å². The largest absolute Gasteiger partial charge is 0.294 e. The maximum absolute atomic E-state index is 12.1. The lowest BCUT2D eigenvalue weighted by Crippen LogP contribution is -2.03. The van der Waals surface area contributed by atoms with E-state index in [1.54, 1.807) is 11.3 Å². The highest BCUT2D eigenvalue weighted by atomic mass is 79.9. The van der Waals surface area contributed by atoms with Crippen LogP contribution >= 0.6 is 27.3 Å². The van der Waals surface area contributed by atoms with Gasteiger partial charge < -0.3 is 0 Å². The number of hydrogen-bond acceptors (Lipinski definition) is 2. The molecule has 2 aromatic rings. The first-order valence-corrected chi connectivity index (χ1v) is 7.07. The van der Waals surface area contributed by atoms with Crippen molar-refractivity contribution in [1.29, 1.82) is 0 Å². The molecular weight excluding hydrogens is 296 g/mol. The zero-order valence-corrected chi connectivity index (χ0v) is 12.2. The number of carbonyl (C=O) groups excluding carboxylic acids is 1. The third-order valence-corrected chi connectivity index (χ3v) is 4.77. The van der Waals surface area contributed by atoms with E-state index in [1.165, 1.54) is 11.1 Å². The van der Waals surface area contributed by atoms with Gasteiger partial charge in [-0.3, -0.25) is 4.79 Å². The molecule has 0 saturated carbocycles. The molecule has 0 N–H and O–H groups in total. The second-order valence-electron chi connectivity index (χ2n) is 4.09. The highest BCUT2D eigenvalue weighted by Gasteiger charge is 2.11. The van der Waals surface area contributed by atoms with Crippen LogP contribution in [0.5, 0.6) is 0 Å². The van der Waals surface area contributed by atoms with E-state index in [-0.39, 0.29) is 5.78 Å². The van der Waals surface area contributed by atoms with E-state index < -0.39 is 0 Å². The predicted molar refractivity (Wildman–Crippen MR) is 76.0 cm³/mol. The molecule has 0 saturated heterocycles. The summed E-state index contributed by atoms with van der Waals surface area (Å²) in [6.45, 7) is 4.09.